The number of carbonyl (C=O) groups excluding carboxylic acids is 3. The fourth-order valence-electron chi connectivity index (χ4n) is 3.44. The van der Waals surface area contributed by atoms with Crippen LogP contribution in [0.15, 0.2) is 46.9 Å². The molecule has 0 aromatic heterocycles. The lowest BCUT2D eigenvalue weighted by Gasteiger charge is -2.33. The standard InChI is InChI=1S/C19H15BrFN3O4/c20-11-5-6-14(13(21)9-11)22-16(25)10-24-17(26)19(23-18(24)27)7-8-28-15-4-2-1-3-12(15)19/h1-6,9H,7-8,10H2,(H,22,25)(H,23,27)/t19-/m1/s1. The van der Waals surface area contributed by atoms with Crippen molar-refractivity contribution in [1.82, 2.24) is 10.2 Å². The van der Waals surface area contributed by atoms with E-state index in [1.807, 2.05) is 0 Å². The summed E-state index contributed by atoms with van der Waals surface area (Å²) < 4.78 is 20.0. The van der Waals surface area contributed by atoms with Crippen LogP contribution < -0.4 is 15.4 Å². The number of halogens is 2. The Morgan fingerprint density at radius 1 is 1.29 bits per heavy atom. The third-order valence-electron chi connectivity index (χ3n) is 4.76. The quantitative estimate of drug-likeness (QED) is 0.708. The fourth-order valence-corrected chi connectivity index (χ4v) is 3.77. The normalized spacial score (nSPS) is 20.6. The number of amides is 4. The molecule has 4 rings (SSSR count). The molecule has 2 N–H and O–H groups in total. The van der Waals surface area contributed by atoms with E-state index in [1.165, 1.54) is 12.1 Å². The van der Waals surface area contributed by atoms with Crippen LogP contribution >= 0.6 is 15.9 Å². The van der Waals surface area contributed by atoms with E-state index in [0.29, 0.717) is 15.8 Å². The predicted molar refractivity (Wildman–Crippen MR) is 101 cm³/mol. The van der Waals surface area contributed by atoms with E-state index >= 15 is 0 Å². The highest BCUT2D eigenvalue weighted by molar-refractivity contribution is 9.10. The number of nitrogens with one attached hydrogen (secondary N) is 2. The molecule has 1 fully saturated rings. The van der Waals surface area contributed by atoms with E-state index in [9.17, 15) is 18.8 Å². The lowest BCUT2D eigenvalue weighted by atomic mass is 9.84. The van der Waals surface area contributed by atoms with E-state index in [4.69, 9.17) is 4.74 Å². The van der Waals surface area contributed by atoms with Crippen LogP contribution in [-0.2, 0) is 15.1 Å². The summed E-state index contributed by atoms with van der Waals surface area (Å²) in [7, 11) is 0. The van der Waals surface area contributed by atoms with Gasteiger partial charge in [-0.2, -0.15) is 0 Å². The second-order valence-electron chi connectivity index (χ2n) is 6.49. The molecule has 2 aliphatic heterocycles. The van der Waals surface area contributed by atoms with Crippen LogP contribution in [0, 0.1) is 5.82 Å². The summed E-state index contributed by atoms with van der Waals surface area (Å²) in [5.41, 5.74) is -0.734. The molecule has 144 valence electrons. The Bertz CT molecular complexity index is 999. The lowest BCUT2D eigenvalue weighted by Crippen LogP contribution is -2.48. The van der Waals surface area contributed by atoms with E-state index in [1.54, 1.807) is 30.3 Å². The maximum atomic E-state index is 13.9. The number of rotatable bonds is 3. The molecule has 0 bridgehead atoms. The smallest absolute Gasteiger partial charge is 0.325 e. The Balaban J connectivity index is 1.55. The average molecular weight is 448 g/mol. The number of hydrogen-bond acceptors (Lipinski definition) is 4. The zero-order valence-corrected chi connectivity index (χ0v) is 16.1. The van der Waals surface area contributed by atoms with E-state index in [0.717, 1.165) is 4.90 Å². The minimum Gasteiger partial charge on any atom is -0.493 e. The highest BCUT2D eigenvalue weighted by Gasteiger charge is 2.55. The third-order valence-corrected chi connectivity index (χ3v) is 5.26. The van der Waals surface area contributed by atoms with Gasteiger partial charge in [0.25, 0.3) is 5.91 Å². The number of urea groups is 1. The van der Waals surface area contributed by atoms with Crippen LogP contribution in [0.4, 0.5) is 14.9 Å². The zero-order chi connectivity index (χ0) is 19.9. The largest absolute Gasteiger partial charge is 0.493 e. The number of hydrogen-bond donors (Lipinski definition) is 2. The van der Waals surface area contributed by atoms with Gasteiger partial charge in [-0.05, 0) is 24.3 Å². The van der Waals surface area contributed by atoms with Gasteiger partial charge in [-0.1, -0.05) is 34.1 Å². The number of carbonyl (C=O) groups is 3. The molecule has 2 heterocycles. The van der Waals surface area contributed by atoms with Crippen molar-refractivity contribution >= 4 is 39.5 Å². The number of fused-ring (bicyclic) bond motifs is 2. The van der Waals surface area contributed by atoms with Crippen molar-refractivity contribution in [3.05, 3.63) is 58.3 Å². The minimum atomic E-state index is -1.25. The number of imide groups is 1. The molecule has 0 aliphatic carbocycles. The monoisotopic (exact) mass is 447 g/mol. The van der Waals surface area contributed by atoms with Crippen LogP contribution in [0.5, 0.6) is 5.75 Å². The van der Waals surface area contributed by atoms with Gasteiger partial charge in [0.05, 0.1) is 12.3 Å². The van der Waals surface area contributed by atoms with E-state index in [2.05, 4.69) is 26.6 Å². The topological polar surface area (TPSA) is 87.7 Å². The lowest BCUT2D eigenvalue weighted by molar-refractivity contribution is -0.135. The second kappa shape index (κ2) is 6.90. The molecule has 9 heteroatoms. The highest BCUT2D eigenvalue weighted by atomic mass is 79.9. The molecule has 1 atom stereocenters. The Labute approximate surface area is 168 Å². The van der Waals surface area contributed by atoms with Crippen molar-refractivity contribution in [2.75, 3.05) is 18.5 Å². The summed E-state index contributed by atoms with van der Waals surface area (Å²) in [6.07, 6.45) is 0.258. The van der Waals surface area contributed by atoms with Crippen molar-refractivity contribution in [2.45, 2.75) is 12.0 Å². The first-order valence-corrected chi connectivity index (χ1v) is 9.31. The molecule has 0 radical (unpaired) electrons. The molecule has 0 unspecified atom stereocenters. The summed E-state index contributed by atoms with van der Waals surface area (Å²) in [5.74, 6) is -1.32. The first-order valence-electron chi connectivity index (χ1n) is 8.52. The summed E-state index contributed by atoms with van der Waals surface area (Å²) in [5, 5.41) is 5.09. The SMILES string of the molecule is O=C(CN1C(=O)N[C@@]2(CCOc3ccccc32)C1=O)Nc1ccc(Br)cc1F. The molecular formula is C19H15BrFN3O4. The van der Waals surface area contributed by atoms with E-state index < -0.39 is 35.7 Å². The van der Waals surface area contributed by atoms with Gasteiger partial charge in [-0.3, -0.25) is 14.5 Å². The Kier molecular flexibility index (Phi) is 4.54. The molecule has 0 saturated carbocycles. The van der Waals surface area contributed by atoms with Gasteiger partial charge in [-0.15, -0.1) is 0 Å². The van der Waals surface area contributed by atoms with Crippen molar-refractivity contribution in [3.8, 4) is 5.75 Å². The van der Waals surface area contributed by atoms with Crippen LogP contribution in [0.25, 0.3) is 0 Å². The maximum absolute atomic E-state index is 13.9. The Hall–Kier alpha value is -2.94. The van der Waals surface area contributed by atoms with Crippen LogP contribution in [-0.4, -0.2) is 35.9 Å². The van der Waals surface area contributed by atoms with Gasteiger partial charge in [0, 0.05) is 16.5 Å². The van der Waals surface area contributed by atoms with Crippen molar-refractivity contribution in [1.29, 1.82) is 0 Å². The van der Waals surface area contributed by atoms with Crippen molar-refractivity contribution in [2.24, 2.45) is 0 Å². The summed E-state index contributed by atoms with van der Waals surface area (Å²) >= 11 is 3.13. The van der Waals surface area contributed by atoms with Crippen molar-refractivity contribution < 1.29 is 23.5 Å². The molecule has 4 amide bonds. The van der Waals surface area contributed by atoms with E-state index in [-0.39, 0.29) is 18.7 Å². The van der Waals surface area contributed by atoms with Crippen LogP contribution in [0.3, 0.4) is 0 Å². The van der Waals surface area contributed by atoms with Gasteiger partial charge >= 0.3 is 6.03 Å². The number of benzene rings is 2. The molecule has 1 spiro atoms. The summed E-state index contributed by atoms with van der Waals surface area (Å²) in [6, 6.07) is 10.5. The highest BCUT2D eigenvalue weighted by Crippen LogP contribution is 2.40. The number of ether oxygens (including phenoxy) is 1. The van der Waals surface area contributed by atoms with Gasteiger partial charge in [0.1, 0.15) is 18.1 Å². The van der Waals surface area contributed by atoms with Crippen LogP contribution in [0.2, 0.25) is 0 Å². The summed E-state index contributed by atoms with van der Waals surface area (Å²) in [4.78, 5) is 38.7. The third kappa shape index (κ3) is 3.01. The molecule has 7 nitrogen and oxygen atoms in total. The zero-order valence-electron chi connectivity index (χ0n) is 14.5. The number of para-hydroxylation sites is 1. The molecule has 2 aromatic carbocycles. The number of anilines is 1. The van der Waals surface area contributed by atoms with Gasteiger partial charge < -0.3 is 15.4 Å². The molecule has 2 aromatic rings. The molecule has 28 heavy (non-hydrogen) atoms. The summed E-state index contributed by atoms with van der Waals surface area (Å²) in [6.45, 7) is -0.266. The average Bonchev–Trinajstić information content (AvgIpc) is 2.89. The predicted octanol–water partition coefficient (Wildman–Crippen LogP) is 2.76. The minimum absolute atomic E-state index is 0.0358. The Morgan fingerprint density at radius 3 is 2.86 bits per heavy atom. The maximum Gasteiger partial charge on any atom is 0.325 e. The van der Waals surface area contributed by atoms with Gasteiger partial charge in [-0.25, -0.2) is 9.18 Å². The molecule has 1 saturated heterocycles. The molecular weight excluding hydrogens is 433 g/mol. The first kappa shape index (κ1) is 18.4. The van der Waals surface area contributed by atoms with Crippen LogP contribution in [0.1, 0.15) is 12.0 Å². The number of nitrogens with zero attached hydrogens (tertiary/aromatic N) is 1. The van der Waals surface area contributed by atoms with Gasteiger partial charge in [0.2, 0.25) is 5.91 Å². The fraction of sp³-hybridized carbons (Fsp3) is 0.211. The Morgan fingerprint density at radius 2 is 2.07 bits per heavy atom. The molecule has 2 aliphatic rings. The van der Waals surface area contributed by atoms with Crippen molar-refractivity contribution in [3.63, 3.8) is 0 Å². The second-order valence-corrected chi connectivity index (χ2v) is 7.41. The first-order chi connectivity index (χ1) is 13.4. The van der Waals surface area contributed by atoms with Gasteiger partial charge in [0.15, 0.2) is 5.54 Å².